The van der Waals surface area contributed by atoms with Gasteiger partial charge in [0.2, 0.25) is 0 Å². The van der Waals surface area contributed by atoms with Gasteiger partial charge in [-0.05, 0) is 55.6 Å². The Kier molecular flexibility index (Phi) is 10.0. The molecule has 0 atom stereocenters. The van der Waals surface area contributed by atoms with E-state index in [0.29, 0.717) is 28.4 Å². The molecule has 0 aliphatic rings. The van der Waals surface area contributed by atoms with Crippen molar-refractivity contribution in [3.8, 4) is 5.75 Å². The molecule has 0 unspecified atom stereocenters. The normalized spacial score (nSPS) is 10.7. The number of amides is 2. The number of hydrogen-bond acceptors (Lipinski definition) is 5. The van der Waals surface area contributed by atoms with Crippen LogP contribution in [-0.4, -0.2) is 55.3 Å². The van der Waals surface area contributed by atoms with Crippen LogP contribution in [0.3, 0.4) is 0 Å². The Bertz CT molecular complexity index is 1180. The number of ketones is 1. The third-order valence-electron chi connectivity index (χ3n) is 5.62. The van der Waals surface area contributed by atoms with Crippen LogP contribution in [0.4, 0.5) is 5.69 Å². The van der Waals surface area contributed by atoms with E-state index in [9.17, 15) is 14.4 Å². The number of halogens is 1. The number of benzene rings is 3. The molecule has 8 heteroatoms. The monoisotopic (exact) mass is 507 g/mol. The van der Waals surface area contributed by atoms with Gasteiger partial charge in [-0.25, -0.2) is 0 Å². The lowest BCUT2D eigenvalue weighted by molar-refractivity contribution is -0.118. The smallest absolute Gasteiger partial charge is 0.262 e. The zero-order valence-corrected chi connectivity index (χ0v) is 21.2. The van der Waals surface area contributed by atoms with Crippen LogP contribution in [0.5, 0.6) is 5.75 Å². The zero-order valence-electron chi connectivity index (χ0n) is 20.4. The summed E-state index contributed by atoms with van der Waals surface area (Å²) in [5, 5.41) is 6.02. The molecule has 2 N–H and O–H groups in total. The summed E-state index contributed by atoms with van der Waals surface area (Å²) >= 11 is 6.09. The molecule has 0 aliphatic carbocycles. The van der Waals surface area contributed by atoms with Crippen molar-refractivity contribution in [1.82, 2.24) is 10.2 Å². The average molecular weight is 508 g/mol. The maximum absolute atomic E-state index is 12.9. The number of ether oxygens (including phenoxy) is 1. The molecule has 0 saturated carbocycles. The summed E-state index contributed by atoms with van der Waals surface area (Å²) in [5.41, 5.74) is 1.80. The summed E-state index contributed by atoms with van der Waals surface area (Å²) in [5.74, 6) is -0.555. The van der Waals surface area contributed by atoms with E-state index < -0.39 is 5.91 Å². The molecule has 0 heterocycles. The molecule has 0 saturated heterocycles. The molecule has 0 bridgehead atoms. The van der Waals surface area contributed by atoms with Crippen molar-refractivity contribution in [2.24, 2.45) is 0 Å². The van der Waals surface area contributed by atoms with Crippen molar-refractivity contribution in [2.45, 2.75) is 13.8 Å². The van der Waals surface area contributed by atoms with Gasteiger partial charge in [0, 0.05) is 34.9 Å². The van der Waals surface area contributed by atoms with Crippen LogP contribution in [0.1, 0.15) is 40.1 Å². The Morgan fingerprint density at radius 2 is 1.58 bits per heavy atom. The van der Waals surface area contributed by atoms with Crippen molar-refractivity contribution in [1.29, 1.82) is 0 Å². The Morgan fingerprint density at radius 1 is 0.889 bits per heavy atom. The lowest BCUT2D eigenvalue weighted by Gasteiger charge is -2.18. The molecule has 7 nitrogen and oxygen atoms in total. The summed E-state index contributed by atoms with van der Waals surface area (Å²) < 4.78 is 5.65. The van der Waals surface area contributed by atoms with Crippen LogP contribution in [0.25, 0.3) is 0 Å². The minimum Gasteiger partial charge on any atom is -0.483 e. The van der Waals surface area contributed by atoms with Crippen molar-refractivity contribution in [3.63, 3.8) is 0 Å². The van der Waals surface area contributed by atoms with Crippen molar-refractivity contribution >= 4 is 34.9 Å². The van der Waals surface area contributed by atoms with E-state index in [1.807, 2.05) is 6.07 Å². The third-order valence-corrected chi connectivity index (χ3v) is 5.85. The minimum atomic E-state index is -0.403. The molecule has 188 valence electrons. The first kappa shape index (κ1) is 26.9. The number of anilines is 1. The second-order valence-corrected chi connectivity index (χ2v) is 8.47. The molecule has 0 aromatic heterocycles. The van der Waals surface area contributed by atoms with Gasteiger partial charge in [0.1, 0.15) is 5.75 Å². The average Bonchev–Trinajstić information content (AvgIpc) is 2.90. The molecular weight excluding hydrogens is 478 g/mol. The first-order valence-corrected chi connectivity index (χ1v) is 12.2. The first-order valence-electron chi connectivity index (χ1n) is 11.8. The van der Waals surface area contributed by atoms with Crippen LogP contribution in [0.2, 0.25) is 5.02 Å². The van der Waals surface area contributed by atoms with Gasteiger partial charge in [-0.3, -0.25) is 14.4 Å². The van der Waals surface area contributed by atoms with Gasteiger partial charge in [-0.1, -0.05) is 55.8 Å². The highest BCUT2D eigenvalue weighted by Crippen LogP contribution is 2.25. The molecule has 3 aromatic rings. The largest absolute Gasteiger partial charge is 0.483 e. The van der Waals surface area contributed by atoms with Crippen LogP contribution in [0, 0.1) is 0 Å². The predicted molar refractivity (Wildman–Crippen MR) is 142 cm³/mol. The van der Waals surface area contributed by atoms with Gasteiger partial charge < -0.3 is 20.3 Å². The number of rotatable bonds is 12. The molecule has 3 aromatic carbocycles. The van der Waals surface area contributed by atoms with Crippen LogP contribution in [0.15, 0.2) is 72.8 Å². The van der Waals surface area contributed by atoms with Gasteiger partial charge in [0.15, 0.2) is 12.4 Å². The second kappa shape index (κ2) is 13.4. The zero-order chi connectivity index (χ0) is 25.9. The number of carbonyl (C=O) groups is 3. The number of nitrogens with one attached hydrogen (secondary N) is 2. The van der Waals surface area contributed by atoms with E-state index in [2.05, 4.69) is 29.4 Å². The fraction of sp³-hybridized carbons (Fsp3) is 0.250. The molecule has 0 fully saturated rings. The lowest BCUT2D eigenvalue weighted by atomic mass is 10.0. The maximum atomic E-state index is 12.9. The predicted octanol–water partition coefficient (Wildman–Crippen LogP) is 4.66. The second-order valence-electron chi connectivity index (χ2n) is 8.03. The maximum Gasteiger partial charge on any atom is 0.262 e. The molecule has 0 spiro atoms. The van der Waals surface area contributed by atoms with Crippen LogP contribution in [-0.2, 0) is 4.79 Å². The SMILES string of the molecule is CCN(CC)CCNC(=O)c1ccc(NC(=O)COc2ccc(Cl)cc2C(=O)c2ccccc2)cc1. The van der Waals surface area contributed by atoms with E-state index in [1.165, 1.54) is 6.07 Å². The van der Waals surface area contributed by atoms with Gasteiger partial charge in [-0.2, -0.15) is 0 Å². The van der Waals surface area contributed by atoms with Crippen molar-refractivity contribution in [2.75, 3.05) is 38.1 Å². The molecule has 0 aliphatic heterocycles. The van der Waals surface area contributed by atoms with E-state index in [0.717, 1.165) is 19.6 Å². The van der Waals surface area contributed by atoms with E-state index in [4.69, 9.17) is 16.3 Å². The van der Waals surface area contributed by atoms with E-state index >= 15 is 0 Å². The Balaban J connectivity index is 1.55. The molecule has 0 radical (unpaired) electrons. The first-order chi connectivity index (χ1) is 17.4. The highest BCUT2D eigenvalue weighted by Gasteiger charge is 2.16. The lowest BCUT2D eigenvalue weighted by Crippen LogP contribution is -2.34. The number of hydrogen-bond donors (Lipinski definition) is 2. The Hall–Kier alpha value is -3.68. The van der Waals surface area contributed by atoms with Crippen molar-refractivity contribution in [3.05, 3.63) is 94.5 Å². The summed E-state index contributed by atoms with van der Waals surface area (Å²) in [6, 6.07) is 20.1. The molecule has 36 heavy (non-hydrogen) atoms. The highest BCUT2D eigenvalue weighted by atomic mass is 35.5. The Labute approximate surface area is 216 Å². The third kappa shape index (κ3) is 7.66. The summed E-state index contributed by atoms with van der Waals surface area (Å²) in [6.45, 7) is 7.10. The molecular formula is C28H30ClN3O4. The topological polar surface area (TPSA) is 87.7 Å². The standard InChI is InChI=1S/C28H30ClN3O4/c1-3-32(4-2)17-16-30-28(35)21-10-13-23(14-11-21)31-26(33)19-36-25-15-12-22(29)18-24(25)27(34)20-8-6-5-7-9-20/h5-15,18H,3-4,16-17,19H2,1-2H3,(H,30,35)(H,31,33). The number of carbonyl (C=O) groups excluding carboxylic acids is 3. The summed E-state index contributed by atoms with van der Waals surface area (Å²) in [7, 11) is 0. The van der Waals surface area contributed by atoms with Gasteiger partial charge >= 0.3 is 0 Å². The minimum absolute atomic E-state index is 0.165. The van der Waals surface area contributed by atoms with Crippen molar-refractivity contribution < 1.29 is 19.1 Å². The van der Waals surface area contributed by atoms with E-state index in [1.54, 1.807) is 60.7 Å². The number of nitrogens with zero attached hydrogens (tertiary/aromatic N) is 1. The van der Waals surface area contributed by atoms with Gasteiger partial charge in [0.25, 0.3) is 11.8 Å². The summed E-state index contributed by atoms with van der Waals surface area (Å²) in [6.07, 6.45) is 0. The quantitative estimate of drug-likeness (QED) is 0.348. The summed E-state index contributed by atoms with van der Waals surface area (Å²) in [4.78, 5) is 39.9. The Morgan fingerprint density at radius 3 is 2.25 bits per heavy atom. The van der Waals surface area contributed by atoms with Gasteiger partial charge in [0.05, 0.1) is 5.56 Å². The van der Waals surface area contributed by atoms with Gasteiger partial charge in [-0.15, -0.1) is 0 Å². The van der Waals surface area contributed by atoms with Crippen LogP contribution < -0.4 is 15.4 Å². The number of likely N-dealkylation sites (N-methyl/N-ethyl adjacent to an activating group) is 1. The van der Waals surface area contributed by atoms with Crippen LogP contribution >= 0.6 is 11.6 Å². The highest BCUT2D eigenvalue weighted by molar-refractivity contribution is 6.31. The molecule has 3 rings (SSSR count). The molecule has 2 amide bonds. The fourth-order valence-corrected chi connectivity index (χ4v) is 3.74. The fourth-order valence-electron chi connectivity index (χ4n) is 3.57. The van der Waals surface area contributed by atoms with E-state index in [-0.39, 0.29) is 29.6 Å².